The molecule has 220 valence electrons. The lowest BCUT2D eigenvalue weighted by molar-refractivity contribution is 0.477. The summed E-state index contributed by atoms with van der Waals surface area (Å²) in [6.45, 7) is 13.4. The van der Waals surface area contributed by atoms with Crippen LogP contribution in [-0.2, 0) is 0 Å². The minimum absolute atomic E-state index is 0.219. The number of aryl methyl sites for hydroxylation is 2. The number of benzene rings is 4. The molecule has 0 aliphatic carbocycles. The number of rotatable bonds is 7. The monoisotopic (exact) mass is 577 g/mol. The first-order valence-corrected chi connectivity index (χ1v) is 15.4. The van der Waals surface area contributed by atoms with Crippen LogP contribution in [0.15, 0.2) is 109 Å². The predicted octanol–water partition coefficient (Wildman–Crippen LogP) is 10.5. The molecule has 0 spiro atoms. The molecule has 2 aromatic heterocycles. The van der Waals surface area contributed by atoms with Gasteiger partial charge in [0.05, 0.1) is 29.0 Å². The highest BCUT2D eigenvalue weighted by molar-refractivity contribution is 5.78. The fourth-order valence-electron chi connectivity index (χ4n) is 6.20. The van der Waals surface area contributed by atoms with E-state index in [4.69, 9.17) is 9.97 Å². The van der Waals surface area contributed by atoms with Crippen molar-refractivity contribution in [3.8, 4) is 56.6 Å². The van der Waals surface area contributed by atoms with Crippen molar-refractivity contribution < 1.29 is 5.11 Å². The molecule has 6 aromatic rings. The van der Waals surface area contributed by atoms with Crippen LogP contribution in [0.5, 0.6) is 5.75 Å². The van der Waals surface area contributed by atoms with Crippen LogP contribution in [0.1, 0.15) is 61.8 Å². The molecule has 4 aromatic carbocycles. The Bertz CT molecular complexity index is 1920. The van der Waals surface area contributed by atoms with Gasteiger partial charge in [-0.3, -0.25) is 4.57 Å². The van der Waals surface area contributed by atoms with E-state index in [-0.39, 0.29) is 5.75 Å². The van der Waals surface area contributed by atoms with Crippen molar-refractivity contribution in [2.75, 3.05) is 0 Å². The molecule has 0 saturated carbocycles. The van der Waals surface area contributed by atoms with Gasteiger partial charge in [-0.2, -0.15) is 0 Å². The molecule has 0 atom stereocenters. The fraction of sp³-hybridized carbons (Fsp3) is 0.200. The molecule has 0 amide bonds. The highest BCUT2D eigenvalue weighted by Crippen LogP contribution is 2.40. The molecule has 0 fully saturated rings. The Labute approximate surface area is 260 Å². The van der Waals surface area contributed by atoms with Crippen molar-refractivity contribution in [2.45, 2.75) is 53.4 Å². The predicted molar refractivity (Wildman–Crippen MR) is 182 cm³/mol. The van der Waals surface area contributed by atoms with Crippen molar-refractivity contribution in [3.05, 3.63) is 132 Å². The molecule has 44 heavy (non-hydrogen) atoms. The molecule has 4 heteroatoms. The van der Waals surface area contributed by atoms with Crippen LogP contribution in [0.3, 0.4) is 0 Å². The molecule has 0 saturated heterocycles. The maximum absolute atomic E-state index is 10.5. The molecule has 0 aliphatic rings. The summed E-state index contributed by atoms with van der Waals surface area (Å²) in [7, 11) is 0. The maximum Gasteiger partial charge on any atom is 0.145 e. The SMILES string of the molecule is Cc1cccc(C)c1-c1cnc(-c2cccc(-c3cccc(-c4ccccc4O)n3)c2)n1-c1c(C(C)C)cccc1C(C)C. The molecule has 0 aliphatic heterocycles. The lowest BCUT2D eigenvalue weighted by Gasteiger charge is -2.24. The highest BCUT2D eigenvalue weighted by atomic mass is 16.3. The van der Waals surface area contributed by atoms with Crippen molar-refractivity contribution in [2.24, 2.45) is 0 Å². The third-order valence-corrected chi connectivity index (χ3v) is 8.41. The van der Waals surface area contributed by atoms with Crippen LogP contribution < -0.4 is 0 Å². The third-order valence-electron chi connectivity index (χ3n) is 8.41. The third kappa shape index (κ3) is 5.33. The summed E-state index contributed by atoms with van der Waals surface area (Å²) in [6, 6.07) is 34.9. The van der Waals surface area contributed by atoms with Gasteiger partial charge in [0.15, 0.2) is 0 Å². The average molecular weight is 578 g/mol. The van der Waals surface area contributed by atoms with Crippen LogP contribution in [0.25, 0.3) is 50.8 Å². The van der Waals surface area contributed by atoms with Gasteiger partial charge < -0.3 is 5.11 Å². The van der Waals surface area contributed by atoms with E-state index >= 15 is 0 Å². The second kappa shape index (κ2) is 12.0. The smallest absolute Gasteiger partial charge is 0.145 e. The van der Waals surface area contributed by atoms with Crippen LogP contribution in [0, 0.1) is 13.8 Å². The number of aromatic hydroxyl groups is 1. The van der Waals surface area contributed by atoms with E-state index in [0.717, 1.165) is 34.0 Å². The van der Waals surface area contributed by atoms with Gasteiger partial charge in [-0.15, -0.1) is 0 Å². The Morgan fingerprint density at radius 2 is 1.23 bits per heavy atom. The average Bonchev–Trinajstić information content (AvgIpc) is 3.45. The first-order valence-electron chi connectivity index (χ1n) is 15.4. The lowest BCUT2D eigenvalue weighted by Crippen LogP contribution is -2.10. The highest BCUT2D eigenvalue weighted by Gasteiger charge is 2.24. The quantitative estimate of drug-likeness (QED) is 0.205. The molecule has 0 radical (unpaired) electrons. The van der Waals surface area contributed by atoms with Crippen molar-refractivity contribution in [1.29, 1.82) is 0 Å². The van der Waals surface area contributed by atoms with Gasteiger partial charge in [0.2, 0.25) is 0 Å². The van der Waals surface area contributed by atoms with E-state index in [1.165, 1.54) is 33.5 Å². The first kappa shape index (κ1) is 29.1. The summed E-state index contributed by atoms with van der Waals surface area (Å²) in [4.78, 5) is 10.1. The fourth-order valence-corrected chi connectivity index (χ4v) is 6.20. The topological polar surface area (TPSA) is 50.9 Å². The number of imidazole rings is 1. The molecular weight excluding hydrogens is 538 g/mol. The summed E-state index contributed by atoms with van der Waals surface area (Å²) >= 11 is 0. The number of hydrogen-bond acceptors (Lipinski definition) is 3. The van der Waals surface area contributed by atoms with E-state index in [9.17, 15) is 5.11 Å². The number of nitrogens with zero attached hydrogens (tertiary/aromatic N) is 3. The van der Waals surface area contributed by atoms with Gasteiger partial charge in [-0.1, -0.05) is 100 Å². The van der Waals surface area contributed by atoms with E-state index < -0.39 is 0 Å². The van der Waals surface area contributed by atoms with Gasteiger partial charge in [0.1, 0.15) is 11.6 Å². The lowest BCUT2D eigenvalue weighted by atomic mass is 9.91. The first-order chi connectivity index (χ1) is 21.2. The van der Waals surface area contributed by atoms with Gasteiger partial charge in [0, 0.05) is 22.3 Å². The van der Waals surface area contributed by atoms with Gasteiger partial charge in [-0.05, 0) is 78.3 Å². The standard InChI is InChI=1S/C40H39N3O/c1-25(2)31-18-11-19-32(26(3)4)39(31)43-36(38-27(5)13-9-14-28(38)6)24-41-40(43)30-16-10-15-29(23-30)34-20-12-21-35(42-34)33-17-7-8-22-37(33)44/h7-26,44H,1-6H3. The summed E-state index contributed by atoms with van der Waals surface area (Å²) in [5, 5.41) is 10.5. The van der Waals surface area contributed by atoms with Crippen LogP contribution >= 0.6 is 0 Å². The van der Waals surface area contributed by atoms with E-state index in [2.05, 4.69) is 107 Å². The van der Waals surface area contributed by atoms with Gasteiger partial charge in [0.25, 0.3) is 0 Å². The number of phenolic OH excluding ortho intramolecular Hbond substituents is 1. The van der Waals surface area contributed by atoms with Crippen LogP contribution in [0.4, 0.5) is 0 Å². The van der Waals surface area contributed by atoms with Crippen LogP contribution in [0.2, 0.25) is 0 Å². The Balaban J connectivity index is 1.59. The zero-order valence-electron chi connectivity index (χ0n) is 26.3. The van der Waals surface area contributed by atoms with E-state index in [1.54, 1.807) is 6.07 Å². The number of phenols is 1. The van der Waals surface area contributed by atoms with Crippen molar-refractivity contribution >= 4 is 0 Å². The largest absolute Gasteiger partial charge is 0.507 e. The summed E-state index contributed by atoms with van der Waals surface area (Å²) < 4.78 is 2.39. The maximum atomic E-state index is 10.5. The summed E-state index contributed by atoms with van der Waals surface area (Å²) in [5.41, 5.74) is 12.9. The van der Waals surface area contributed by atoms with E-state index in [0.29, 0.717) is 17.4 Å². The molecule has 0 bridgehead atoms. The zero-order chi connectivity index (χ0) is 31.0. The summed E-state index contributed by atoms with van der Waals surface area (Å²) in [5.74, 6) is 1.78. The second-order valence-corrected chi connectivity index (χ2v) is 12.2. The molecule has 0 unspecified atom stereocenters. The number of para-hydroxylation sites is 2. The number of pyridine rings is 1. The summed E-state index contributed by atoms with van der Waals surface area (Å²) in [6.07, 6.45) is 2.04. The molecule has 2 heterocycles. The Kier molecular flexibility index (Phi) is 7.92. The number of aromatic nitrogens is 3. The molecule has 6 rings (SSSR count). The minimum atomic E-state index is 0.219. The number of hydrogen-bond donors (Lipinski definition) is 1. The zero-order valence-corrected chi connectivity index (χ0v) is 26.3. The molecule has 1 N–H and O–H groups in total. The Morgan fingerprint density at radius 1 is 0.636 bits per heavy atom. The van der Waals surface area contributed by atoms with Crippen LogP contribution in [-0.4, -0.2) is 19.6 Å². The normalized spacial score (nSPS) is 11.5. The van der Waals surface area contributed by atoms with Crippen molar-refractivity contribution in [3.63, 3.8) is 0 Å². The molecular formula is C40H39N3O. The molecule has 4 nitrogen and oxygen atoms in total. The Hall–Kier alpha value is -4.96. The van der Waals surface area contributed by atoms with Gasteiger partial charge >= 0.3 is 0 Å². The van der Waals surface area contributed by atoms with E-state index in [1.807, 2.05) is 42.6 Å². The van der Waals surface area contributed by atoms with Gasteiger partial charge in [-0.25, -0.2) is 9.97 Å². The van der Waals surface area contributed by atoms with Crippen molar-refractivity contribution in [1.82, 2.24) is 14.5 Å². The second-order valence-electron chi connectivity index (χ2n) is 12.2. The Morgan fingerprint density at radius 3 is 1.91 bits per heavy atom. The minimum Gasteiger partial charge on any atom is -0.507 e.